The molecule has 0 aliphatic rings. The summed E-state index contributed by atoms with van der Waals surface area (Å²) in [4.78, 5) is 37.8. The van der Waals surface area contributed by atoms with Crippen molar-refractivity contribution < 1.29 is 14.3 Å². The van der Waals surface area contributed by atoms with Gasteiger partial charge in [0.1, 0.15) is 5.75 Å². The molecule has 6 nitrogen and oxygen atoms in total. The SMILES string of the molecule is Cc1ccc(C(=O)N(C)c2ccc(OC(=O)CCn3c(C)csc3=O)cc2)cc1. The summed E-state index contributed by atoms with van der Waals surface area (Å²) in [6, 6.07) is 14.1. The summed E-state index contributed by atoms with van der Waals surface area (Å²) in [5, 5.41) is 1.76. The van der Waals surface area contributed by atoms with Gasteiger partial charge in [-0.1, -0.05) is 29.0 Å². The Morgan fingerprint density at radius 1 is 1.03 bits per heavy atom. The molecule has 3 aromatic rings. The summed E-state index contributed by atoms with van der Waals surface area (Å²) >= 11 is 1.12. The van der Waals surface area contributed by atoms with E-state index in [1.807, 2.05) is 26.0 Å². The molecule has 0 unspecified atom stereocenters. The van der Waals surface area contributed by atoms with Crippen LogP contribution < -0.4 is 14.5 Å². The molecule has 2 aromatic carbocycles. The number of hydrogen-bond acceptors (Lipinski definition) is 5. The van der Waals surface area contributed by atoms with Crippen LogP contribution in [0.3, 0.4) is 0 Å². The van der Waals surface area contributed by atoms with Gasteiger partial charge in [0.05, 0.1) is 6.42 Å². The lowest BCUT2D eigenvalue weighted by atomic mass is 10.1. The maximum Gasteiger partial charge on any atom is 0.312 e. The van der Waals surface area contributed by atoms with E-state index in [0.29, 0.717) is 23.5 Å². The number of amides is 1. The van der Waals surface area contributed by atoms with Gasteiger partial charge in [-0.05, 0) is 50.2 Å². The highest BCUT2D eigenvalue weighted by Gasteiger charge is 2.14. The third-order valence-corrected chi connectivity index (χ3v) is 5.46. The summed E-state index contributed by atoms with van der Waals surface area (Å²) in [7, 11) is 1.70. The number of carbonyl (C=O) groups is 2. The number of benzene rings is 2. The van der Waals surface area contributed by atoms with Crippen molar-refractivity contribution in [3.8, 4) is 5.75 Å². The van der Waals surface area contributed by atoms with Crippen LogP contribution in [0, 0.1) is 13.8 Å². The highest BCUT2D eigenvalue weighted by Crippen LogP contribution is 2.21. The summed E-state index contributed by atoms with van der Waals surface area (Å²) in [6.07, 6.45) is 0.102. The van der Waals surface area contributed by atoms with Crippen molar-refractivity contribution in [2.45, 2.75) is 26.8 Å². The van der Waals surface area contributed by atoms with Gasteiger partial charge in [-0.15, -0.1) is 0 Å². The molecule has 0 saturated carbocycles. The van der Waals surface area contributed by atoms with Crippen LogP contribution in [0.2, 0.25) is 0 Å². The number of anilines is 1. The van der Waals surface area contributed by atoms with E-state index in [1.54, 1.807) is 58.3 Å². The van der Waals surface area contributed by atoms with Gasteiger partial charge in [0, 0.05) is 35.9 Å². The molecule has 0 aliphatic carbocycles. The molecule has 0 fully saturated rings. The molecule has 1 amide bonds. The first-order valence-electron chi connectivity index (χ1n) is 9.15. The lowest BCUT2D eigenvalue weighted by Crippen LogP contribution is -2.26. The van der Waals surface area contributed by atoms with Crippen LogP contribution in [-0.2, 0) is 11.3 Å². The first kappa shape index (κ1) is 20.5. The maximum atomic E-state index is 12.6. The number of esters is 1. The van der Waals surface area contributed by atoms with Crippen LogP contribution in [0.15, 0.2) is 58.7 Å². The number of aromatic nitrogens is 1. The second-order valence-electron chi connectivity index (χ2n) is 6.74. The summed E-state index contributed by atoms with van der Waals surface area (Å²) in [5.41, 5.74) is 3.22. The molecule has 3 rings (SSSR count). The number of aryl methyl sites for hydroxylation is 2. The Morgan fingerprint density at radius 2 is 1.69 bits per heavy atom. The van der Waals surface area contributed by atoms with Crippen LogP contribution in [0.5, 0.6) is 5.75 Å². The first-order chi connectivity index (χ1) is 13.8. The van der Waals surface area contributed by atoms with Crippen molar-refractivity contribution in [1.82, 2.24) is 4.57 Å². The number of thiazole rings is 1. The highest BCUT2D eigenvalue weighted by molar-refractivity contribution is 7.07. The summed E-state index contributed by atoms with van der Waals surface area (Å²) < 4.78 is 6.89. The molecule has 1 heterocycles. The zero-order valence-corrected chi connectivity index (χ0v) is 17.4. The molecule has 0 N–H and O–H groups in total. The van der Waals surface area contributed by atoms with Crippen LogP contribution in [0.1, 0.15) is 28.0 Å². The second kappa shape index (κ2) is 8.87. The molecular weight excluding hydrogens is 388 g/mol. The molecule has 1 aromatic heterocycles. The van der Waals surface area contributed by atoms with E-state index < -0.39 is 5.97 Å². The van der Waals surface area contributed by atoms with Gasteiger partial charge < -0.3 is 14.2 Å². The topological polar surface area (TPSA) is 68.6 Å². The quantitative estimate of drug-likeness (QED) is 0.458. The molecule has 0 saturated heterocycles. The van der Waals surface area contributed by atoms with E-state index >= 15 is 0 Å². The zero-order chi connectivity index (χ0) is 21.0. The number of ether oxygens (including phenoxy) is 1. The minimum Gasteiger partial charge on any atom is -0.426 e. The van der Waals surface area contributed by atoms with E-state index in [9.17, 15) is 14.4 Å². The van der Waals surface area contributed by atoms with Crippen molar-refractivity contribution >= 4 is 28.9 Å². The van der Waals surface area contributed by atoms with Gasteiger partial charge in [-0.3, -0.25) is 14.4 Å². The average molecular weight is 410 g/mol. The molecule has 0 radical (unpaired) electrons. The Bertz CT molecular complexity index is 1070. The predicted octanol–water partition coefficient (Wildman–Crippen LogP) is 3.80. The van der Waals surface area contributed by atoms with Gasteiger partial charge >= 0.3 is 10.8 Å². The number of nitrogens with zero attached hydrogens (tertiary/aromatic N) is 2. The van der Waals surface area contributed by atoms with Crippen LogP contribution in [0.25, 0.3) is 0 Å². The Labute approximate surface area is 173 Å². The smallest absolute Gasteiger partial charge is 0.312 e. The van der Waals surface area contributed by atoms with Crippen molar-refractivity contribution in [3.63, 3.8) is 0 Å². The largest absolute Gasteiger partial charge is 0.426 e. The predicted molar refractivity (Wildman–Crippen MR) is 114 cm³/mol. The molecule has 29 heavy (non-hydrogen) atoms. The Hall–Kier alpha value is -3.19. The van der Waals surface area contributed by atoms with E-state index in [1.165, 1.54) is 0 Å². The van der Waals surface area contributed by atoms with Crippen LogP contribution >= 0.6 is 11.3 Å². The summed E-state index contributed by atoms with van der Waals surface area (Å²) in [5.74, 6) is -0.144. The third kappa shape index (κ3) is 5.00. The van der Waals surface area contributed by atoms with Gasteiger partial charge in [0.2, 0.25) is 0 Å². The zero-order valence-electron chi connectivity index (χ0n) is 16.5. The lowest BCUT2D eigenvalue weighted by Gasteiger charge is -2.18. The average Bonchev–Trinajstić information content (AvgIpc) is 3.04. The van der Waals surface area contributed by atoms with Crippen molar-refractivity contribution in [2.24, 2.45) is 0 Å². The molecule has 0 aliphatic heterocycles. The minimum atomic E-state index is -0.417. The molecule has 0 spiro atoms. The first-order valence-corrected chi connectivity index (χ1v) is 10.0. The molecule has 0 bridgehead atoms. The van der Waals surface area contributed by atoms with E-state index in [0.717, 1.165) is 22.6 Å². The van der Waals surface area contributed by atoms with Gasteiger partial charge in [0.15, 0.2) is 0 Å². The van der Waals surface area contributed by atoms with E-state index in [4.69, 9.17) is 4.74 Å². The molecule has 7 heteroatoms. The maximum absolute atomic E-state index is 12.6. The molecule has 150 valence electrons. The van der Waals surface area contributed by atoms with Crippen molar-refractivity contribution in [3.05, 3.63) is 80.4 Å². The summed E-state index contributed by atoms with van der Waals surface area (Å²) in [6.45, 7) is 4.09. The van der Waals surface area contributed by atoms with Gasteiger partial charge in [0.25, 0.3) is 5.91 Å². The molecule has 0 atom stereocenters. The minimum absolute atomic E-state index is 0.0825. The Balaban J connectivity index is 1.59. The number of carbonyl (C=O) groups excluding carboxylic acids is 2. The normalized spacial score (nSPS) is 10.6. The third-order valence-electron chi connectivity index (χ3n) is 4.57. The highest BCUT2D eigenvalue weighted by atomic mass is 32.1. The van der Waals surface area contributed by atoms with Crippen LogP contribution in [-0.4, -0.2) is 23.5 Å². The van der Waals surface area contributed by atoms with Crippen molar-refractivity contribution in [1.29, 1.82) is 0 Å². The lowest BCUT2D eigenvalue weighted by molar-refractivity contribution is -0.134. The fourth-order valence-corrected chi connectivity index (χ4v) is 3.57. The number of rotatable bonds is 6. The van der Waals surface area contributed by atoms with E-state index in [2.05, 4.69) is 0 Å². The van der Waals surface area contributed by atoms with Gasteiger partial charge in [-0.2, -0.15) is 0 Å². The Morgan fingerprint density at radius 3 is 2.28 bits per heavy atom. The van der Waals surface area contributed by atoms with Crippen molar-refractivity contribution in [2.75, 3.05) is 11.9 Å². The monoisotopic (exact) mass is 410 g/mol. The number of hydrogen-bond donors (Lipinski definition) is 0. The fraction of sp³-hybridized carbons (Fsp3) is 0.227. The van der Waals surface area contributed by atoms with E-state index in [-0.39, 0.29) is 17.2 Å². The molecular formula is C22H22N2O4S. The van der Waals surface area contributed by atoms with Crippen LogP contribution in [0.4, 0.5) is 5.69 Å². The standard InChI is InChI=1S/C22H22N2O4S/c1-15-4-6-17(7-5-15)21(26)23(3)18-8-10-19(11-9-18)28-20(25)12-13-24-16(2)14-29-22(24)27/h4-11,14H,12-13H2,1-3H3. The fourth-order valence-electron chi connectivity index (χ4n) is 2.80. The second-order valence-corrected chi connectivity index (χ2v) is 7.56. The Kier molecular flexibility index (Phi) is 6.29. The van der Waals surface area contributed by atoms with Gasteiger partial charge in [-0.25, -0.2) is 0 Å².